The first-order valence-electron chi connectivity index (χ1n) is 2.97. The van der Waals surface area contributed by atoms with Crippen molar-refractivity contribution in [3.63, 3.8) is 0 Å². The number of rotatable bonds is 4. The molecule has 0 bridgehead atoms. The molecule has 0 radical (unpaired) electrons. The van der Waals surface area contributed by atoms with Gasteiger partial charge in [-0.2, -0.15) is 0 Å². The van der Waals surface area contributed by atoms with Gasteiger partial charge in [-0.05, 0) is 20.0 Å². The summed E-state index contributed by atoms with van der Waals surface area (Å²) in [7, 11) is 1.83. The Kier molecular flexibility index (Phi) is 4.95. The van der Waals surface area contributed by atoms with Gasteiger partial charge < -0.3 is 5.73 Å². The molecule has 0 aliphatic carbocycles. The standard InChI is InChI=1S/C5H15N3/c1-3-4-8-5(6)7-2/h5,7-8H,3-4,6H2,1-2H3. The van der Waals surface area contributed by atoms with E-state index < -0.39 is 0 Å². The third-order valence-corrected chi connectivity index (χ3v) is 0.925. The molecule has 0 spiro atoms. The molecule has 0 aliphatic rings. The monoisotopic (exact) mass is 117 g/mol. The molecule has 8 heavy (non-hydrogen) atoms. The first-order chi connectivity index (χ1) is 3.81. The topological polar surface area (TPSA) is 50.1 Å². The molecule has 0 aromatic rings. The van der Waals surface area contributed by atoms with Crippen molar-refractivity contribution < 1.29 is 0 Å². The second kappa shape index (κ2) is 5.03. The highest BCUT2D eigenvalue weighted by molar-refractivity contribution is 4.49. The summed E-state index contributed by atoms with van der Waals surface area (Å²) in [5, 5.41) is 5.92. The van der Waals surface area contributed by atoms with Crippen LogP contribution in [0.5, 0.6) is 0 Å². The van der Waals surface area contributed by atoms with Crippen LogP contribution in [0.25, 0.3) is 0 Å². The van der Waals surface area contributed by atoms with Gasteiger partial charge in [-0.15, -0.1) is 0 Å². The summed E-state index contributed by atoms with van der Waals surface area (Å²) < 4.78 is 0. The fourth-order valence-electron chi connectivity index (χ4n) is 0.402. The Labute approximate surface area is 50.6 Å². The first kappa shape index (κ1) is 7.88. The normalized spacial score (nSPS) is 13.9. The van der Waals surface area contributed by atoms with Crippen molar-refractivity contribution in [2.24, 2.45) is 5.73 Å². The fraction of sp³-hybridized carbons (Fsp3) is 1.00. The van der Waals surface area contributed by atoms with E-state index in [0.29, 0.717) is 0 Å². The number of hydrogen-bond donors (Lipinski definition) is 3. The Morgan fingerprint density at radius 1 is 1.62 bits per heavy atom. The van der Waals surface area contributed by atoms with Crippen LogP contribution in [0.3, 0.4) is 0 Å². The molecule has 4 N–H and O–H groups in total. The van der Waals surface area contributed by atoms with Gasteiger partial charge in [-0.1, -0.05) is 6.92 Å². The molecule has 0 aliphatic heterocycles. The maximum atomic E-state index is 5.44. The molecular formula is C5H15N3. The Bertz CT molecular complexity index is 46.9. The van der Waals surface area contributed by atoms with E-state index in [1.165, 1.54) is 0 Å². The highest BCUT2D eigenvalue weighted by Crippen LogP contribution is 1.68. The van der Waals surface area contributed by atoms with Gasteiger partial charge in [0.25, 0.3) is 0 Å². The van der Waals surface area contributed by atoms with E-state index in [9.17, 15) is 0 Å². The highest BCUT2D eigenvalue weighted by atomic mass is 15.2. The SMILES string of the molecule is CCCNC(N)NC. The highest BCUT2D eigenvalue weighted by Gasteiger charge is 1.90. The van der Waals surface area contributed by atoms with E-state index in [-0.39, 0.29) is 6.29 Å². The predicted molar refractivity (Wildman–Crippen MR) is 35.3 cm³/mol. The quantitative estimate of drug-likeness (QED) is 0.433. The second-order valence-electron chi connectivity index (χ2n) is 1.72. The summed E-state index contributed by atoms with van der Waals surface area (Å²) in [6.45, 7) is 3.08. The maximum absolute atomic E-state index is 5.44. The van der Waals surface area contributed by atoms with Gasteiger partial charge in [0, 0.05) is 0 Å². The third kappa shape index (κ3) is 4.05. The van der Waals surface area contributed by atoms with Crippen LogP contribution in [0.4, 0.5) is 0 Å². The Morgan fingerprint density at radius 3 is 2.62 bits per heavy atom. The minimum Gasteiger partial charge on any atom is -0.304 e. The zero-order valence-electron chi connectivity index (χ0n) is 5.57. The van der Waals surface area contributed by atoms with Crippen LogP contribution in [0.2, 0.25) is 0 Å². The average molecular weight is 117 g/mol. The van der Waals surface area contributed by atoms with Crippen molar-refractivity contribution in [2.75, 3.05) is 13.6 Å². The van der Waals surface area contributed by atoms with Gasteiger partial charge in [-0.3, -0.25) is 10.6 Å². The summed E-state index contributed by atoms with van der Waals surface area (Å²) in [4.78, 5) is 0. The lowest BCUT2D eigenvalue weighted by atomic mass is 10.5. The molecule has 0 saturated carbocycles. The molecule has 0 aromatic carbocycles. The van der Waals surface area contributed by atoms with E-state index in [4.69, 9.17) is 5.73 Å². The summed E-state index contributed by atoms with van der Waals surface area (Å²) in [5.41, 5.74) is 5.44. The lowest BCUT2D eigenvalue weighted by Crippen LogP contribution is -2.47. The maximum Gasteiger partial charge on any atom is 0.109 e. The van der Waals surface area contributed by atoms with Crippen molar-refractivity contribution in [3.05, 3.63) is 0 Å². The van der Waals surface area contributed by atoms with Gasteiger partial charge in [0.2, 0.25) is 0 Å². The molecule has 3 heteroatoms. The molecule has 1 unspecified atom stereocenters. The molecule has 50 valence electrons. The molecule has 0 saturated heterocycles. The van der Waals surface area contributed by atoms with Crippen LogP contribution in [-0.4, -0.2) is 19.9 Å². The summed E-state index contributed by atoms with van der Waals surface area (Å²) in [6.07, 6.45) is 1.07. The van der Waals surface area contributed by atoms with Crippen molar-refractivity contribution in [1.82, 2.24) is 10.6 Å². The molecule has 0 amide bonds. The Morgan fingerprint density at radius 2 is 2.25 bits per heavy atom. The lowest BCUT2D eigenvalue weighted by molar-refractivity contribution is 0.470. The van der Waals surface area contributed by atoms with Gasteiger partial charge in [-0.25, -0.2) is 0 Å². The first-order valence-corrected chi connectivity index (χ1v) is 2.97. The predicted octanol–water partition coefficient (Wildman–Crippen LogP) is -0.552. The number of hydrogen-bond acceptors (Lipinski definition) is 3. The summed E-state index contributed by atoms with van der Waals surface area (Å²) in [5.74, 6) is 0. The van der Waals surface area contributed by atoms with Crippen molar-refractivity contribution in [1.29, 1.82) is 0 Å². The molecule has 0 heterocycles. The van der Waals surface area contributed by atoms with Crippen LogP contribution in [0.15, 0.2) is 0 Å². The van der Waals surface area contributed by atoms with Crippen LogP contribution in [-0.2, 0) is 0 Å². The summed E-state index contributed by atoms with van der Waals surface area (Å²) >= 11 is 0. The van der Waals surface area contributed by atoms with E-state index in [1.54, 1.807) is 0 Å². The second-order valence-corrected chi connectivity index (χ2v) is 1.72. The van der Waals surface area contributed by atoms with Gasteiger partial charge in [0.05, 0.1) is 0 Å². The molecule has 0 fully saturated rings. The van der Waals surface area contributed by atoms with Crippen LogP contribution in [0.1, 0.15) is 13.3 Å². The van der Waals surface area contributed by atoms with Crippen LogP contribution < -0.4 is 16.4 Å². The van der Waals surface area contributed by atoms with E-state index in [1.807, 2.05) is 7.05 Å². The van der Waals surface area contributed by atoms with Gasteiger partial charge in [0.1, 0.15) is 6.29 Å². The smallest absolute Gasteiger partial charge is 0.109 e. The molecule has 0 aromatic heterocycles. The Hall–Kier alpha value is -0.120. The fourth-order valence-corrected chi connectivity index (χ4v) is 0.402. The summed E-state index contributed by atoms with van der Waals surface area (Å²) in [6, 6.07) is 0. The van der Waals surface area contributed by atoms with E-state index in [2.05, 4.69) is 17.6 Å². The molecule has 1 atom stereocenters. The zero-order chi connectivity index (χ0) is 6.41. The van der Waals surface area contributed by atoms with Crippen LogP contribution in [0, 0.1) is 0 Å². The molecular weight excluding hydrogens is 102 g/mol. The largest absolute Gasteiger partial charge is 0.304 e. The number of nitrogens with two attached hydrogens (primary N) is 1. The van der Waals surface area contributed by atoms with E-state index in [0.717, 1.165) is 13.0 Å². The average Bonchev–Trinajstić information content (AvgIpc) is 1.83. The Balaban J connectivity index is 2.86. The number of nitrogens with one attached hydrogen (secondary N) is 2. The van der Waals surface area contributed by atoms with Gasteiger partial charge >= 0.3 is 0 Å². The minimum atomic E-state index is -0.0463. The van der Waals surface area contributed by atoms with Crippen molar-refractivity contribution in [3.8, 4) is 0 Å². The van der Waals surface area contributed by atoms with Crippen molar-refractivity contribution >= 4 is 0 Å². The van der Waals surface area contributed by atoms with E-state index >= 15 is 0 Å². The molecule has 3 nitrogen and oxygen atoms in total. The minimum absolute atomic E-state index is 0.0463. The molecule has 0 rings (SSSR count). The van der Waals surface area contributed by atoms with Gasteiger partial charge in [0.15, 0.2) is 0 Å². The lowest BCUT2D eigenvalue weighted by Gasteiger charge is -2.10. The zero-order valence-corrected chi connectivity index (χ0v) is 5.57. The van der Waals surface area contributed by atoms with Crippen LogP contribution >= 0.6 is 0 Å². The van der Waals surface area contributed by atoms with Crippen molar-refractivity contribution in [2.45, 2.75) is 19.6 Å². The third-order valence-electron chi connectivity index (χ3n) is 0.925.